The van der Waals surface area contributed by atoms with Crippen molar-refractivity contribution in [2.45, 2.75) is 12.6 Å². The molecule has 7 nitrogen and oxygen atoms in total. The molecule has 1 aliphatic rings. The molecule has 0 aliphatic carbocycles. The Hall–Kier alpha value is -2.52. The molecule has 0 saturated carbocycles. The molecule has 4 aromatic rings. The fraction of sp³-hybridized carbons (Fsp3) is 0.300. The smallest absolute Gasteiger partial charge is 0.348 e. The average molecular weight is 396 g/mol. The highest BCUT2D eigenvalue weighted by atomic mass is 32.1. The van der Waals surface area contributed by atoms with E-state index in [1.165, 1.54) is 0 Å². The highest BCUT2D eigenvalue weighted by Crippen LogP contribution is 2.29. The Morgan fingerprint density at radius 1 is 1.29 bits per heavy atom. The molecular formula is C20H20N4O3S. The number of rotatable bonds is 4. The summed E-state index contributed by atoms with van der Waals surface area (Å²) in [7, 11) is 0. The monoisotopic (exact) mass is 396 g/mol. The third-order valence-corrected chi connectivity index (χ3v) is 5.94. The molecule has 1 fully saturated rings. The molecule has 4 heterocycles. The maximum absolute atomic E-state index is 12.4. The fourth-order valence-electron chi connectivity index (χ4n) is 3.88. The van der Waals surface area contributed by atoms with Crippen LogP contribution in [0, 0.1) is 0 Å². The van der Waals surface area contributed by atoms with Crippen molar-refractivity contribution >= 4 is 27.9 Å². The second kappa shape index (κ2) is 7.14. The van der Waals surface area contributed by atoms with E-state index < -0.39 is 0 Å². The molecule has 1 saturated heterocycles. The van der Waals surface area contributed by atoms with E-state index in [2.05, 4.69) is 44.7 Å². The van der Waals surface area contributed by atoms with Crippen LogP contribution in [0.5, 0.6) is 0 Å². The SMILES string of the molecule is O=c1[nH]nc2cc(CN3CCOC(CO)C3)c3ccc(-c4ccsc4)cc3n12. The highest BCUT2D eigenvalue weighted by Gasteiger charge is 2.21. The van der Waals surface area contributed by atoms with Crippen LogP contribution in [0.25, 0.3) is 27.7 Å². The zero-order valence-electron chi connectivity index (χ0n) is 15.2. The molecule has 3 aromatic heterocycles. The molecule has 144 valence electrons. The number of aliphatic hydroxyl groups excluding tert-OH is 1. The van der Waals surface area contributed by atoms with E-state index in [1.807, 2.05) is 11.4 Å². The number of benzene rings is 1. The van der Waals surface area contributed by atoms with E-state index >= 15 is 0 Å². The van der Waals surface area contributed by atoms with E-state index in [-0.39, 0.29) is 18.4 Å². The normalized spacial score (nSPS) is 18.2. The van der Waals surface area contributed by atoms with Crippen LogP contribution in [0.15, 0.2) is 45.9 Å². The van der Waals surface area contributed by atoms with Crippen molar-refractivity contribution in [1.29, 1.82) is 0 Å². The second-order valence-electron chi connectivity index (χ2n) is 7.05. The summed E-state index contributed by atoms with van der Waals surface area (Å²) < 4.78 is 7.19. The van der Waals surface area contributed by atoms with Gasteiger partial charge in [-0.05, 0) is 45.6 Å². The predicted octanol–water partition coefficient (Wildman–Crippen LogP) is 2.10. The van der Waals surface area contributed by atoms with Gasteiger partial charge in [-0.15, -0.1) is 0 Å². The standard InChI is InChI=1S/C20H20N4O3S/c25-11-16-10-23(4-5-27-16)9-15-8-19-21-22-20(26)24(19)18-7-13(1-2-17(15)18)14-3-6-28-12-14/h1-3,6-8,12,16,25H,4-5,9-11H2,(H,22,26). The third-order valence-electron chi connectivity index (χ3n) is 5.26. The number of nitrogens with one attached hydrogen (secondary N) is 1. The van der Waals surface area contributed by atoms with Gasteiger partial charge in [-0.2, -0.15) is 16.4 Å². The summed E-state index contributed by atoms with van der Waals surface area (Å²) in [6, 6.07) is 10.3. The van der Waals surface area contributed by atoms with Crippen molar-refractivity contribution in [1.82, 2.24) is 19.5 Å². The number of H-pyrrole nitrogens is 1. The van der Waals surface area contributed by atoms with E-state index in [9.17, 15) is 9.90 Å². The Morgan fingerprint density at radius 2 is 2.21 bits per heavy atom. The Balaban J connectivity index is 1.63. The van der Waals surface area contributed by atoms with Gasteiger partial charge in [0.05, 0.1) is 24.8 Å². The largest absolute Gasteiger partial charge is 0.394 e. The maximum atomic E-state index is 12.4. The first-order valence-corrected chi connectivity index (χ1v) is 10.2. The fourth-order valence-corrected chi connectivity index (χ4v) is 4.54. The number of hydrogen-bond acceptors (Lipinski definition) is 6. The third kappa shape index (κ3) is 3.04. The van der Waals surface area contributed by atoms with Gasteiger partial charge in [0.2, 0.25) is 0 Å². The molecule has 1 atom stereocenters. The molecule has 0 amide bonds. The van der Waals surface area contributed by atoms with Crippen molar-refractivity contribution in [2.75, 3.05) is 26.3 Å². The molecule has 1 aliphatic heterocycles. The zero-order chi connectivity index (χ0) is 19.1. The van der Waals surface area contributed by atoms with Gasteiger partial charge in [0.1, 0.15) is 0 Å². The lowest BCUT2D eigenvalue weighted by Crippen LogP contribution is -2.43. The summed E-state index contributed by atoms with van der Waals surface area (Å²) in [5.74, 6) is 0. The lowest BCUT2D eigenvalue weighted by Gasteiger charge is -2.32. The summed E-state index contributed by atoms with van der Waals surface area (Å²) in [6.07, 6.45) is -0.151. The summed E-state index contributed by atoms with van der Waals surface area (Å²) in [5, 5.41) is 21.3. The van der Waals surface area contributed by atoms with Crippen LogP contribution in [-0.2, 0) is 11.3 Å². The first-order valence-electron chi connectivity index (χ1n) is 9.23. The van der Waals surface area contributed by atoms with Crippen molar-refractivity contribution < 1.29 is 9.84 Å². The predicted molar refractivity (Wildman–Crippen MR) is 109 cm³/mol. The first kappa shape index (κ1) is 17.6. The quantitative estimate of drug-likeness (QED) is 0.552. The minimum atomic E-state index is -0.235. The molecule has 1 aromatic carbocycles. The molecule has 1 unspecified atom stereocenters. The number of aliphatic hydroxyl groups is 1. The van der Waals surface area contributed by atoms with Gasteiger partial charge in [0.25, 0.3) is 0 Å². The number of aromatic nitrogens is 3. The van der Waals surface area contributed by atoms with Gasteiger partial charge in [-0.25, -0.2) is 14.3 Å². The van der Waals surface area contributed by atoms with E-state index in [1.54, 1.807) is 15.7 Å². The van der Waals surface area contributed by atoms with Crippen molar-refractivity contribution in [2.24, 2.45) is 0 Å². The summed E-state index contributed by atoms with van der Waals surface area (Å²) >= 11 is 1.65. The Morgan fingerprint density at radius 3 is 3.04 bits per heavy atom. The molecule has 0 radical (unpaired) electrons. The van der Waals surface area contributed by atoms with E-state index in [0.29, 0.717) is 25.3 Å². The molecule has 0 bridgehead atoms. The van der Waals surface area contributed by atoms with Gasteiger partial charge < -0.3 is 9.84 Å². The molecule has 28 heavy (non-hydrogen) atoms. The Kier molecular flexibility index (Phi) is 4.48. The second-order valence-corrected chi connectivity index (χ2v) is 7.83. The van der Waals surface area contributed by atoms with Crippen molar-refractivity contribution in [3.63, 3.8) is 0 Å². The van der Waals surface area contributed by atoms with Gasteiger partial charge in [0, 0.05) is 25.0 Å². The molecule has 0 spiro atoms. The number of fused-ring (bicyclic) bond motifs is 3. The van der Waals surface area contributed by atoms with Crippen LogP contribution in [0.3, 0.4) is 0 Å². The number of nitrogens with zero attached hydrogens (tertiary/aromatic N) is 3. The minimum Gasteiger partial charge on any atom is -0.394 e. The average Bonchev–Trinajstić information content (AvgIpc) is 3.38. The van der Waals surface area contributed by atoms with Gasteiger partial charge in [-0.1, -0.05) is 12.1 Å². The maximum Gasteiger partial charge on any atom is 0.348 e. The number of ether oxygens (including phenoxy) is 1. The molecule has 2 N–H and O–H groups in total. The molecule has 5 rings (SSSR count). The van der Waals surface area contributed by atoms with Crippen molar-refractivity contribution in [3.8, 4) is 11.1 Å². The number of aromatic amines is 1. The molecular weight excluding hydrogens is 376 g/mol. The Bertz CT molecular complexity index is 1180. The topological polar surface area (TPSA) is 82.9 Å². The van der Waals surface area contributed by atoms with Gasteiger partial charge >= 0.3 is 5.69 Å². The highest BCUT2D eigenvalue weighted by molar-refractivity contribution is 7.08. The summed E-state index contributed by atoms with van der Waals surface area (Å²) in [6.45, 7) is 2.84. The van der Waals surface area contributed by atoms with E-state index in [0.717, 1.165) is 34.1 Å². The zero-order valence-corrected chi connectivity index (χ0v) is 16.0. The van der Waals surface area contributed by atoms with Gasteiger partial charge in [0.15, 0.2) is 5.65 Å². The molecule has 8 heteroatoms. The number of morpholine rings is 1. The number of thiophene rings is 1. The minimum absolute atomic E-state index is 0.0229. The van der Waals surface area contributed by atoms with Crippen LogP contribution in [0.2, 0.25) is 0 Å². The van der Waals surface area contributed by atoms with Crippen LogP contribution >= 0.6 is 11.3 Å². The van der Waals surface area contributed by atoms with Crippen LogP contribution in [0.4, 0.5) is 0 Å². The van der Waals surface area contributed by atoms with Crippen LogP contribution < -0.4 is 5.69 Å². The van der Waals surface area contributed by atoms with Gasteiger partial charge in [-0.3, -0.25) is 4.90 Å². The Labute approximate surface area is 164 Å². The van der Waals surface area contributed by atoms with Crippen LogP contribution in [-0.4, -0.2) is 57.0 Å². The lowest BCUT2D eigenvalue weighted by atomic mass is 10.0. The summed E-state index contributed by atoms with van der Waals surface area (Å²) in [5.41, 5.74) is 4.55. The first-order chi connectivity index (χ1) is 13.7. The van der Waals surface area contributed by atoms with E-state index in [4.69, 9.17) is 4.74 Å². The number of pyridine rings is 1. The summed E-state index contributed by atoms with van der Waals surface area (Å²) in [4.78, 5) is 14.6. The van der Waals surface area contributed by atoms with Crippen LogP contribution in [0.1, 0.15) is 5.56 Å². The lowest BCUT2D eigenvalue weighted by molar-refractivity contribution is -0.0550. The number of hydrogen-bond donors (Lipinski definition) is 2. The van der Waals surface area contributed by atoms with Crippen molar-refractivity contribution in [3.05, 3.63) is 57.1 Å².